The van der Waals surface area contributed by atoms with Crippen molar-refractivity contribution in [1.29, 1.82) is 0 Å². The molecule has 1 heterocycles. The average molecular weight is 391 g/mol. The van der Waals surface area contributed by atoms with E-state index >= 15 is 0 Å². The summed E-state index contributed by atoms with van der Waals surface area (Å²) in [5.41, 5.74) is 4.40. The molecule has 3 nitrogen and oxygen atoms in total. The van der Waals surface area contributed by atoms with Crippen LogP contribution in [0, 0.1) is 19.3 Å². The first-order valence-corrected chi connectivity index (χ1v) is 10.2. The van der Waals surface area contributed by atoms with Crippen molar-refractivity contribution in [2.45, 2.75) is 47.0 Å². The molecule has 0 amide bonds. The lowest BCUT2D eigenvalue weighted by molar-refractivity contribution is -0.114. The summed E-state index contributed by atoms with van der Waals surface area (Å²) < 4.78 is 11.8. The quantitative estimate of drug-likeness (QED) is 0.316. The van der Waals surface area contributed by atoms with E-state index in [1.165, 1.54) is 11.1 Å². The summed E-state index contributed by atoms with van der Waals surface area (Å²) in [5.74, 6) is 2.76. The molecule has 0 N–H and O–H groups in total. The Kier molecular flexibility index (Phi) is 6.58. The normalized spacial score (nSPS) is 11.4. The van der Waals surface area contributed by atoms with Crippen molar-refractivity contribution in [2.24, 2.45) is 5.41 Å². The molecule has 3 rings (SSSR count). The minimum atomic E-state index is -0.331. The van der Waals surface area contributed by atoms with Gasteiger partial charge in [-0.1, -0.05) is 55.8 Å². The van der Waals surface area contributed by atoms with Gasteiger partial charge in [-0.25, -0.2) is 0 Å². The van der Waals surface area contributed by atoms with Crippen molar-refractivity contribution in [2.75, 3.05) is 6.61 Å². The zero-order valence-corrected chi connectivity index (χ0v) is 17.8. The molecule has 0 saturated carbocycles. The van der Waals surface area contributed by atoms with Crippen LogP contribution < -0.4 is 4.74 Å². The van der Waals surface area contributed by atoms with Crippen LogP contribution >= 0.6 is 0 Å². The zero-order valence-electron chi connectivity index (χ0n) is 17.8. The molecule has 0 fully saturated rings. The first-order valence-electron chi connectivity index (χ1n) is 10.2. The topological polar surface area (TPSA) is 39.4 Å². The van der Waals surface area contributed by atoms with Gasteiger partial charge in [-0.2, -0.15) is 0 Å². The van der Waals surface area contributed by atoms with Crippen LogP contribution in [0.3, 0.4) is 0 Å². The smallest absolute Gasteiger partial charge is 0.134 e. The number of hydrogen-bond donors (Lipinski definition) is 0. The molecule has 0 aliphatic carbocycles. The first-order chi connectivity index (χ1) is 13.9. The van der Waals surface area contributed by atoms with E-state index < -0.39 is 0 Å². The number of carbonyl (C=O) groups excluding carboxylic acids is 1. The summed E-state index contributed by atoms with van der Waals surface area (Å²) in [6.45, 7) is 8.66. The number of carbonyl (C=O) groups is 1. The lowest BCUT2D eigenvalue weighted by Gasteiger charge is -2.16. The van der Waals surface area contributed by atoms with Crippen LogP contribution in [-0.4, -0.2) is 12.9 Å². The fourth-order valence-electron chi connectivity index (χ4n) is 3.35. The SMILES string of the molecule is Cc1ccc(-c2cc(CCCOc3ccc(CC(C)(C)C=O)cc3)c(C)o2)cc1. The van der Waals surface area contributed by atoms with E-state index in [1.807, 2.05) is 45.0 Å². The van der Waals surface area contributed by atoms with Gasteiger partial charge in [-0.05, 0) is 62.4 Å². The third kappa shape index (κ3) is 5.83. The van der Waals surface area contributed by atoms with Crippen molar-refractivity contribution in [3.63, 3.8) is 0 Å². The van der Waals surface area contributed by atoms with Crippen molar-refractivity contribution in [1.82, 2.24) is 0 Å². The van der Waals surface area contributed by atoms with Crippen LogP contribution in [0.15, 0.2) is 59.0 Å². The lowest BCUT2D eigenvalue weighted by atomic mass is 9.87. The molecule has 0 bridgehead atoms. The second-order valence-corrected chi connectivity index (χ2v) is 8.44. The fourth-order valence-corrected chi connectivity index (χ4v) is 3.35. The van der Waals surface area contributed by atoms with Crippen molar-refractivity contribution < 1.29 is 13.9 Å². The van der Waals surface area contributed by atoms with E-state index in [0.717, 1.165) is 53.9 Å². The zero-order chi connectivity index (χ0) is 20.9. The summed E-state index contributed by atoms with van der Waals surface area (Å²) in [6, 6.07) is 18.6. The lowest BCUT2D eigenvalue weighted by Crippen LogP contribution is -2.16. The third-order valence-electron chi connectivity index (χ3n) is 5.12. The summed E-state index contributed by atoms with van der Waals surface area (Å²) in [6.07, 6.45) is 3.60. The third-order valence-corrected chi connectivity index (χ3v) is 5.12. The monoisotopic (exact) mass is 390 g/mol. The van der Waals surface area contributed by atoms with Crippen LogP contribution in [0.1, 0.15) is 42.7 Å². The van der Waals surface area contributed by atoms with Crippen LogP contribution in [-0.2, 0) is 17.6 Å². The molecule has 1 aromatic heterocycles. The van der Waals surface area contributed by atoms with Gasteiger partial charge in [0, 0.05) is 11.0 Å². The van der Waals surface area contributed by atoms with Crippen molar-refractivity contribution in [3.8, 4) is 17.1 Å². The predicted octanol–water partition coefficient (Wildman–Crippen LogP) is 6.34. The Balaban J connectivity index is 1.49. The molecule has 29 heavy (non-hydrogen) atoms. The molecular formula is C26H30O3. The minimum Gasteiger partial charge on any atom is -0.494 e. The molecule has 3 heteroatoms. The molecular weight excluding hydrogens is 360 g/mol. The maximum atomic E-state index is 11.1. The maximum absolute atomic E-state index is 11.1. The van der Waals surface area contributed by atoms with E-state index in [-0.39, 0.29) is 5.41 Å². The predicted molar refractivity (Wildman–Crippen MR) is 117 cm³/mol. The number of hydrogen-bond acceptors (Lipinski definition) is 3. The number of furan rings is 1. The molecule has 3 aromatic rings. The molecule has 0 aliphatic heterocycles. The van der Waals surface area contributed by atoms with Gasteiger partial charge in [0.15, 0.2) is 0 Å². The molecule has 0 saturated heterocycles. The second kappa shape index (κ2) is 9.13. The van der Waals surface area contributed by atoms with E-state index in [1.54, 1.807) is 0 Å². The summed E-state index contributed by atoms with van der Waals surface area (Å²) >= 11 is 0. The molecule has 2 aromatic carbocycles. The van der Waals surface area contributed by atoms with Gasteiger partial charge in [0.05, 0.1) is 6.61 Å². The molecule has 0 atom stereocenters. The van der Waals surface area contributed by atoms with Gasteiger partial charge in [-0.15, -0.1) is 0 Å². The van der Waals surface area contributed by atoms with Crippen LogP contribution in [0.5, 0.6) is 5.75 Å². The number of aryl methyl sites for hydroxylation is 3. The van der Waals surface area contributed by atoms with Crippen LogP contribution in [0.2, 0.25) is 0 Å². The summed E-state index contributed by atoms with van der Waals surface area (Å²) in [7, 11) is 0. The van der Waals surface area contributed by atoms with Gasteiger partial charge in [-0.3, -0.25) is 0 Å². The summed E-state index contributed by atoms with van der Waals surface area (Å²) in [5, 5.41) is 0. The van der Waals surface area contributed by atoms with Gasteiger partial charge in [0.2, 0.25) is 0 Å². The molecule has 0 spiro atoms. The number of ether oxygens (including phenoxy) is 1. The van der Waals surface area contributed by atoms with Crippen molar-refractivity contribution in [3.05, 3.63) is 77.0 Å². The Hall–Kier alpha value is -2.81. The van der Waals surface area contributed by atoms with Gasteiger partial charge in [0.25, 0.3) is 0 Å². The molecule has 0 aliphatic rings. The highest BCUT2D eigenvalue weighted by molar-refractivity contribution is 5.59. The van der Waals surface area contributed by atoms with Crippen LogP contribution in [0.25, 0.3) is 11.3 Å². The fraction of sp³-hybridized carbons (Fsp3) is 0.346. The highest BCUT2D eigenvalue weighted by atomic mass is 16.5. The van der Waals surface area contributed by atoms with E-state index in [4.69, 9.17) is 9.15 Å². The number of aldehydes is 1. The summed E-state index contributed by atoms with van der Waals surface area (Å²) in [4.78, 5) is 11.1. The standard InChI is InChI=1S/C26H30O3/c1-19-7-11-22(12-8-19)25-16-23(20(2)29-25)6-5-15-28-24-13-9-21(10-14-24)17-26(3,4)18-27/h7-14,16,18H,5-6,15,17H2,1-4H3. The molecule has 152 valence electrons. The number of benzene rings is 2. The highest BCUT2D eigenvalue weighted by Gasteiger charge is 2.17. The van der Waals surface area contributed by atoms with Gasteiger partial charge >= 0.3 is 0 Å². The Morgan fingerprint density at radius 3 is 2.34 bits per heavy atom. The minimum absolute atomic E-state index is 0.331. The number of rotatable bonds is 9. The van der Waals surface area contributed by atoms with Crippen LogP contribution in [0.4, 0.5) is 0 Å². The molecule has 0 unspecified atom stereocenters. The Morgan fingerprint density at radius 2 is 1.69 bits per heavy atom. The van der Waals surface area contributed by atoms with Crippen molar-refractivity contribution >= 4 is 6.29 Å². The van der Waals surface area contributed by atoms with E-state index in [2.05, 4.69) is 37.3 Å². The van der Waals surface area contributed by atoms with Gasteiger partial charge in [0.1, 0.15) is 23.6 Å². The largest absolute Gasteiger partial charge is 0.494 e. The molecule has 0 radical (unpaired) electrons. The average Bonchev–Trinajstić information content (AvgIpc) is 3.07. The maximum Gasteiger partial charge on any atom is 0.134 e. The second-order valence-electron chi connectivity index (χ2n) is 8.44. The highest BCUT2D eigenvalue weighted by Crippen LogP contribution is 2.26. The van der Waals surface area contributed by atoms with E-state index in [0.29, 0.717) is 6.61 Å². The Labute approximate surface area is 173 Å². The van der Waals surface area contributed by atoms with E-state index in [9.17, 15) is 4.79 Å². The first kappa shape index (κ1) is 20.9. The van der Waals surface area contributed by atoms with Gasteiger partial charge < -0.3 is 13.9 Å². The Morgan fingerprint density at radius 1 is 1.00 bits per heavy atom. The Bertz CT molecular complexity index is 931.